The summed E-state index contributed by atoms with van der Waals surface area (Å²) in [5.41, 5.74) is 4.98. The van der Waals surface area contributed by atoms with Gasteiger partial charge in [-0.25, -0.2) is 0 Å². The number of phenols is 3. The van der Waals surface area contributed by atoms with Gasteiger partial charge in [0.05, 0.1) is 7.11 Å². The van der Waals surface area contributed by atoms with Crippen LogP contribution < -0.4 is 4.74 Å². The van der Waals surface area contributed by atoms with Crippen molar-refractivity contribution in [1.82, 2.24) is 0 Å². The smallest absolute Gasteiger partial charge is 0.160 e. The second-order valence-corrected chi connectivity index (χ2v) is 9.69. The molecule has 0 aliphatic heterocycles. The molecule has 3 aromatic rings. The molecule has 4 nitrogen and oxygen atoms in total. The van der Waals surface area contributed by atoms with E-state index >= 15 is 0 Å². The van der Waals surface area contributed by atoms with Crippen LogP contribution in [-0.2, 0) is 18.3 Å². The van der Waals surface area contributed by atoms with Crippen LogP contribution >= 0.6 is 0 Å². The van der Waals surface area contributed by atoms with E-state index in [1.54, 1.807) is 25.3 Å². The molecule has 1 atom stereocenters. The van der Waals surface area contributed by atoms with E-state index in [0.717, 1.165) is 59.9 Å². The Morgan fingerprint density at radius 3 is 2.18 bits per heavy atom. The van der Waals surface area contributed by atoms with Crippen molar-refractivity contribution in [2.75, 3.05) is 7.11 Å². The zero-order chi connectivity index (χ0) is 24.9. The molecule has 0 amide bonds. The van der Waals surface area contributed by atoms with Crippen LogP contribution in [0.25, 0.3) is 0 Å². The maximum absolute atomic E-state index is 11.3. The molecule has 0 saturated heterocycles. The van der Waals surface area contributed by atoms with Crippen LogP contribution in [0.4, 0.5) is 0 Å². The summed E-state index contributed by atoms with van der Waals surface area (Å²) in [5.74, 6) is 1.38. The number of aryl methyl sites for hydroxylation is 1. The monoisotopic (exact) mass is 462 g/mol. The molecule has 3 aromatic carbocycles. The minimum atomic E-state index is -0.294. The van der Waals surface area contributed by atoms with Gasteiger partial charge < -0.3 is 20.1 Å². The molecular weight excluding hydrogens is 424 g/mol. The first-order chi connectivity index (χ1) is 16.2. The molecule has 0 saturated carbocycles. The van der Waals surface area contributed by atoms with Crippen molar-refractivity contribution in [3.8, 4) is 23.0 Å². The summed E-state index contributed by atoms with van der Waals surface area (Å²) in [4.78, 5) is 0. The molecule has 0 radical (unpaired) electrons. The quantitative estimate of drug-likeness (QED) is 0.297. The zero-order valence-corrected chi connectivity index (χ0v) is 21.1. The van der Waals surface area contributed by atoms with E-state index in [-0.39, 0.29) is 22.8 Å². The van der Waals surface area contributed by atoms with Gasteiger partial charge in [0.15, 0.2) is 11.5 Å². The molecule has 182 valence electrons. The van der Waals surface area contributed by atoms with Crippen molar-refractivity contribution in [2.45, 2.75) is 71.1 Å². The van der Waals surface area contributed by atoms with E-state index < -0.39 is 0 Å². The van der Waals surface area contributed by atoms with Crippen LogP contribution in [0.1, 0.15) is 80.7 Å². The average Bonchev–Trinajstić information content (AvgIpc) is 2.81. The van der Waals surface area contributed by atoms with Crippen molar-refractivity contribution in [2.24, 2.45) is 0 Å². The fourth-order valence-electron chi connectivity index (χ4n) is 4.75. The van der Waals surface area contributed by atoms with Gasteiger partial charge in [0.25, 0.3) is 0 Å². The first kappa shape index (κ1) is 25.5. The number of hydrogen-bond acceptors (Lipinski definition) is 4. The number of methoxy groups -OCH3 is 1. The highest BCUT2D eigenvalue weighted by Crippen LogP contribution is 2.41. The highest BCUT2D eigenvalue weighted by Gasteiger charge is 2.27. The largest absolute Gasteiger partial charge is 0.508 e. The van der Waals surface area contributed by atoms with Crippen LogP contribution in [0.2, 0.25) is 0 Å². The number of benzene rings is 3. The van der Waals surface area contributed by atoms with Gasteiger partial charge in [-0.3, -0.25) is 0 Å². The molecule has 0 aromatic heterocycles. The molecular formula is C30H38O4. The molecule has 4 heteroatoms. The first-order valence-electron chi connectivity index (χ1n) is 12.2. The Morgan fingerprint density at radius 1 is 0.853 bits per heavy atom. The fraction of sp³-hybridized carbons (Fsp3) is 0.400. The Bertz CT molecular complexity index is 1100. The van der Waals surface area contributed by atoms with E-state index in [0.29, 0.717) is 11.5 Å². The van der Waals surface area contributed by atoms with Gasteiger partial charge in [-0.1, -0.05) is 70.9 Å². The number of ether oxygens (including phenoxy) is 1. The van der Waals surface area contributed by atoms with Gasteiger partial charge >= 0.3 is 0 Å². The third-order valence-corrected chi connectivity index (χ3v) is 6.85. The van der Waals surface area contributed by atoms with Crippen LogP contribution in [0.3, 0.4) is 0 Å². The van der Waals surface area contributed by atoms with Gasteiger partial charge in [-0.2, -0.15) is 0 Å². The molecule has 0 heterocycles. The molecule has 0 spiro atoms. The lowest BCUT2D eigenvalue weighted by molar-refractivity contribution is 0.372. The second-order valence-electron chi connectivity index (χ2n) is 9.69. The summed E-state index contributed by atoms with van der Waals surface area (Å²) in [5, 5.41) is 31.1. The molecule has 0 aliphatic rings. The van der Waals surface area contributed by atoms with Crippen LogP contribution in [0, 0.1) is 0 Å². The number of phenolic OH excluding ortho intramolecular Hbond substituents is 3. The predicted octanol–water partition coefficient (Wildman–Crippen LogP) is 7.22. The third kappa shape index (κ3) is 5.49. The Hall–Kier alpha value is -3.14. The molecule has 3 N–H and O–H groups in total. The van der Waals surface area contributed by atoms with Gasteiger partial charge in [0.2, 0.25) is 0 Å². The standard InChI is InChI=1S/C30H38O4/c1-6-8-21(16-20-10-15-27(32)28(17-20)34-5)26-19-24(18-22(9-7-2)29(26)33)30(3,4)23-11-13-25(31)14-12-23/h10-15,17-19,21,31-33H,6-9,16H2,1-5H3. The summed E-state index contributed by atoms with van der Waals surface area (Å²) in [6, 6.07) is 17.2. The number of aromatic hydroxyl groups is 3. The Kier molecular flexibility index (Phi) is 8.14. The van der Waals surface area contributed by atoms with E-state index in [1.807, 2.05) is 24.3 Å². The van der Waals surface area contributed by atoms with Gasteiger partial charge in [-0.15, -0.1) is 0 Å². The lowest BCUT2D eigenvalue weighted by Crippen LogP contribution is -2.20. The molecule has 0 fully saturated rings. The Labute approximate surface area is 203 Å². The van der Waals surface area contributed by atoms with E-state index in [2.05, 4.69) is 39.8 Å². The fourth-order valence-corrected chi connectivity index (χ4v) is 4.75. The third-order valence-electron chi connectivity index (χ3n) is 6.85. The summed E-state index contributed by atoms with van der Waals surface area (Å²) < 4.78 is 5.31. The van der Waals surface area contributed by atoms with E-state index in [1.165, 1.54) is 0 Å². The first-order valence-corrected chi connectivity index (χ1v) is 12.2. The maximum Gasteiger partial charge on any atom is 0.160 e. The van der Waals surface area contributed by atoms with Crippen molar-refractivity contribution in [3.63, 3.8) is 0 Å². The summed E-state index contributed by atoms with van der Waals surface area (Å²) in [6.07, 6.45) is 4.43. The second kappa shape index (κ2) is 10.9. The lowest BCUT2D eigenvalue weighted by Gasteiger charge is -2.29. The molecule has 0 bridgehead atoms. The average molecular weight is 463 g/mol. The predicted molar refractivity (Wildman–Crippen MR) is 138 cm³/mol. The minimum Gasteiger partial charge on any atom is -0.508 e. The van der Waals surface area contributed by atoms with E-state index in [4.69, 9.17) is 4.74 Å². The van der Waals surface area contributed by atoms with Gasteiger partial charge in [0, 0.05) is 5.41 Å². The topological polar surface area (TPSA) is 69.9 Å². The Balaban J connectivity index is 2.10. The zero-order valence-electron chi connectivity index (χ0n) is 21.1. The van der Waals surface area contributed by atoms with Crippen molar-refractivity contribution in [3.05, 3.63) is 82.4 Å². The van der Waals surface area contributed by atoms with Crippen molar-refractivity contribution >= 4 is 0 Å². The van der Waals surface area contributed by atoms with Crippen LogP contribution in [0.15, 0.2) is 54.6 Å². The SMILES string of the molecule is CCCc1cc(C(C)(C)c2ccc(O)cc2)cc(C(CCC)Cc2ccc(O)c(OC)c2)c1O. The van der Waals surface area contributed by atoms with Gasteiger partial charge in [-0.05, 0) is 77.3 Å². The normalized spacial score (nSPS) is 12.5. The highest BCUT2D eigenvalue weighted by atomic mass is 16.5. The molecule has 1 unspecified atom stereocenters. The minimum absolute atomic E-state index is 0.129. The Morgan fingerprint density at radius 2 is 1.56 bits per heavy atom. The number of rotatable bonds is 10. The highest BCUT2D eigenvalue weighted by molar-refractivity contribution is 5.51. The van der Waals surface area contributed by atoms with Gasteiger partial charge in [0.1, 0.15) is 11.5 Å². The molecule has 34 heavy (non-hydrogen) atoms. The van der Waals surface area contributed by atoms with Crippen molar-refractivity contribution < 1.29 is 20.1 Å². The van der Waals surface area contributed by atoms with Crippen molar-refractivity contribution in [1.29, 1.82) is 0 Å². The lowest BCUT2D eigenvalue weighted by atomic mass is 9.75. The number of hydrogen-bond donors (Lipinski definition) is 3. The molecule has 3 rings (SSSR count). The summed E-state index contributed by atoms with van der Waals surface area (Å²) in [7, 11) is 1.56. The van der Waals surface area contributed by atoms with Crippen LogP contribution in [-0.4, -0.2) is 22.4 Å². The maximum atomic E-state index is 11.3. The van der Waals surface area contributed by atoms with Crippen LogP contribution in [0.5, 0.6) is 23.0 Å². The van der Waals surface area contributed by atoms with E-state index in [9.17, 15) is 15.3 Å². The molecule has 0 aliphatic carbocycles. The summed E-state index contributed by atoms with van der Waals surface area (Å²) in [6.45, 7) is 8.66. The summed E-state index contributed by atoms with van der Waals surface area (Å²) >= 11 is 0.